The molecule has 0 bridgehead atoms. The maximum Gasteiger partial charge on any atom is 0.255 e. The number of benzene rings is 2. The average molecular weight is 429 g/mol. The van der Waals surface area contributed by atoms with Gasteiger partial charge in [-0.3, -0.25) is 4.79 Å². The number of furan rings is 1. The Hall–Kier alpha value is -2.94. The van der Waals surface area contributed by atoms with Crippen molar-refractivity contribution in [3.05, 3.63) is 82.8 Å². The van der Waals surface area contributed by atoms with Gasteiger partial charge in [0.15, 0.2) is 0 Å². The number of sulfonamides is 1. The van der Waals surface area contributed by atoms with Crippen LogP contribution >= 0.6 is 0 Å². The fraction of sp³-hybridized carbons (Fsp3) is 0.227. The zero-order valence-corrected chi connectivity index (χ0v) is 17.9. The Morgan fingerprint density at radius 1 is 1.07 bits per heavy atom. The molecule has 0 radical (unpaired) electrons. The number of hydrogen-bond donors (Lipinski definition) is 2. The molecule has 1 aromatic heterocycles. The molecule has 1 heterocycles. The summed E-state index contributed by atoms with van der Waals surface area (Å²) in [7, 11) is -2.33. The Morgan fingerprint density at radius 3 is 2.57 bits per heavy atom. The molecule has 0 aliphatic rings. The van der Waals surface area contributed by atoms with Gasteiger partial charge < -0.3 is 14.5 Å². The molecular weight excluding hydrogens is 404 g/mol. The van der Waals surface area contributed by atoms with Crippen molar-refractivity contribution in [2.75, 3.05) is 12.4 Å². The fourth-order valence-electron chi connectivity index (χ4n) is 2.95. The van der Waals surface area contributed by atoms with Gasteiger partial charge in [0.05, 0.1) is 17.8 Å². The standard InChI is InChI=1S/C22H24N2O5S/c1-15-10-18(12-21(16(15)2)30(26,27)23-3)22(25)24-19-7-4-6-17(11-19)13-28-14-20-8-5-9-29-20/h4-12,23H,13-14H2,1-3H3,(H,24,25). The lowest BCUT2D eigenvalue weighted by Crippen LogP contribution is -2.21. The summed E-state index contributed by atoms with van der Waals surface area (Å²) in [4.78, 5) is 12.8. The topological polar surface area (TPSA) is 97.6 Å². The molecule has 3 rings (SSSR count). The predicted molar refractivity (Wildman–Crippen MR) is 114 cm³/mol. The van der Waals surface area contributed by atoms with Crippen molar-refractivity contribution in [3.8, 4) is 0 Å². The second kappa shape index (κ2) is 9.25. The van der Waals surface area contributed by atoms with Crippen LogP contribution < -0.4 is 10.0 Å². The Bertz CT molecular complexity index is 1140. The van der Waals surface area contributed by atoms with Crippen LogP contribution in [0.3, 0.4) is 0 Å². The molecule has 0 saturated heterocycles. The van der Waals surface area contributed by atoms with E-state index in [9.17, 15) is 13.2 Å². The molecule has 0 fully saturated rings. The van der Waals surface area contributed by atoms with Gasteiger partial charge in [-0.2, -0.15) is 0 Å². The molecule has 0 atom stereocenters. The van der Waals surface area contributed by atoms with Gasteiger partial charge >= 0.3 is 0 Å². The number of aryl methyl sites for hydroxylation is 1. The summed E-state index contributed by atoms with van der Waals surface area (Å²) in [6, 6.07) is 14.0. The highest BCUT2D eigenvalue weighted by Crippen LogP contribution is 2.22. The van der Waals surface area contributed by atoms with Crippen LogP contribution in [0.15, 0.2) is 64.1 Å². The molecule has 7 nitrogen and oxygen atoms in total. The Morgan fingerprint density at radius 2 is 1.87 bits per heavy atom. The van der Waals surface area contributed by atoms with Gasteiger partial charge in [-0.05, 0) is 74.0 Å². The SMILES string of the molecule is CNS(=O)(=O)c1cc(C(=O)Nc2cccc(COCc3ccco3)c2)cc(C)c1C. The molecule has 0 aliphatic carbocycles. The van der Waals surface area contributed by atoms with E-state index in [0.29, 0.717) is 24.5 Å². The molecule has 0 aliphatic heterocycles. The van der Waals surface area contributed by atoms with E-state index in [2.05, 4.69) is 10.0 Å². The van der Waals surface area contributed by atoms with Crippen LogP contribution in [0.25, 0.3) is 0 Å². The molecule has 0 unspecified atom stereocenters. The van der Waals surface area contributed by atoms with Crippen molar-refractivity contribution in [1.82, 2.24) is 4.72 Å². The summed E-state index contributed by atoms with van der Waals surface area (Å²) in [5.74, 6) is 0.348. The van der Waals surface area contributed by atoms with Crippen LogP contribution in [0.2, 0.25) is 0 Å². The third-order valence-electron chi connectivity index (χ3n) is 4.72. The van der Waals surface area contributed by atoms with E-state index in [4.69, 9.17) is 9.15 Å². The van der Waals surface area contributed by atoms with E-state index >= 15 is 0 Å². The molecule has 2 N–H and O–H groups in total. The van der Waals surface area contributed by atoms with E-state index in [1.165, 1.54) is 13.1 Å². The van der Waals surface area contributed by atoms with Crippen molar-refractivity contribution in [2.45, 2.75) is 32.0 Å². The van der Waals surface area contributed by atoms with Crippen molar-refractivity contribution in [1.29, 1.82) is 0 Å². The normalized spacial score (nSPS) is 11.4. The summed E-state index contributed by atoms with van der Waals surface area (Å²) in [6.07, 6.45) is 1.59. The number of carbonyl (C=O) groups is 1. The summed E-state index contributed by atoms with van der Waals surface area (Å²) in [6.45, 7) is 4.21. The van der Waals surface area contributed by atoms with Gasteiger partial charge in [-0.15, -0.1) is 0 Å². The predicted octanol–water partition coefficient (Wildman–Crippen LogP) is 3.77. The zero-order chi connectivity index (χ0) is 21.7. The van der Waals surface area contributed by atoms with E-state index in [-0.39, 0.29) is 16.4 Å². The number of nitrogens with one attached hydrogen (secondary N) is 2. The van der Waals surface area contributed by atoms with Crippen LogP contribution in [0.4, 0.5) is 5.69 Å². The van der Waals surface area contributed by atoms with Crippen molar-refractivity contribution in [3.63, 3.8) is 0 Å². The number of carbonyl (C=O) groups excluding carboxylic acids is 1. The summed E-state index contributed by atoms with van der Waals surface area (Å²) in [5, 5.41) is 2.82. The molecular formula is C22H24N2O5S. The molecule has 158 valence electrons. The first kappa shape index (κ1) is 21.8. The minimum atomic E-state index is -3.67. The Labute approximate surface area is 176 Å². The zero-order valence-electron chi connectivity index (χ0n) is 17.1. The van der Waals surface area contributed by atoms with Gasteiger partial charge in [-0.1, -0.05) is 12.1 Å². The van der Waals surface area contributed by atoms with Crippen LogP contribution in [-0.2, 0) is 28.0 Å². The third kappa shape index (κ3) is 5.15. The largest absolute Gasteiger partial charge is 0.467 e. The number of amides is 1. The number of anilines is 1. The second-order valence-corrected chi connectivity index (χ2v) is 8.71. The van der Waals surface area contributed by atoms with Crippen LogP contribution in [0.1, 0.15) is 32.8 Å². The Balaban J connectivity index is 1.73. The van der Waals surface area contributed by atoms with Crippen molar-refractivity contribution < 1.29 is 22.4 Å². The highest BCUT2D eigenvalue weighted by atomic mass is 32.2. The second-order valence-electron chi connectivity index (χ2n) is 6.85. The summed E-state index contributed by atoms with van der Waals surface area (Å²) >= 11 is 0. The highest BCUT2D eigenvalue weighted by Gasteiger charge is 2.19. The summed E-state index contributed by atoms with van der Waals surface area (Å²) in [5.41, 5.74) is 3.08. The molecule has 2 aromatic carbocycles. The van der Waals surface area contributed by atoms with Crippen LogP contribution in [0.5, 0.6) is 0 Å². The van der Waals surface area contributed by atoms with Gasteiger partial charge in [-0.25, -0.2) is 13.1 Å². The van der Waals surface area contributed by atoms with Gasteiger partial charge in [0, 0.05) is 11.3 Å². The first-order valence-electron chi connectivity index (χ1n) is 9.35. The highest BCUT2D eigenvalue weighted by molar-refractivity contribution is 7.89. The van der Waals surface area contributed by atoms with Crippen LogP contribution in [0, 0.1) is 13.8 Å². The first-order chi connectivity index (χ1) is 14.3. The summed E-state index contributed by atoms with van der Waals surface area (Å²) < 4.78 is 37.7. The van der Waals surface area contributed by atoms with E-state index < -0.39 is 10.0 Å². The van der Waals surface area contributed by atoms with Gasteiger partial charge in [0.25, 0.3) is 5.91 Å². The van der Waals surface area contributed by atoms with Crippen molar-refractivity contribution >= 4 is 21.6 Å². The quantitative estimate of drug-likeness (QED) is 0.569. The molecule has 30 heavy (non-hydrogen) atoms. The lowest BCUT2D eigenvalue weighted by molar-refractivity contribution is 0.0929. The van der Waals surface area contributed by atoms with Gasteiger partial charge in [0.2, 0.25) is 10.0 Å². The molecule has 0 spiro atoms. The number of ether oxygens (including phenoxy) is 1. The van der Waals surface area contributed by atoms with Crippen LogP contribution in [-0.4, -0.2) is 21.4 Å². The minimum Gasteiger partial charge on any atom is -0.467 e. The van der Waals surface area contributed by atoms with E-state index in [0.717, 1.165) is 16.9 Å². The number of hydrogen-bond acceptors (Lipinski definition) is 5. The number of rotatable bonds is 8. The molecule has 3 aromatic rings. The maximum atomic E-state index is 12.8. The third-order valence-corrected chi connectivity index (χ3v) is 6.26. The molecule has 1 amide bonds. The first-order valence-corrected chi connectivity index (χ1v) is 10.8. The van der Waals surface area contributed by atoms with E-state index in [1.807, 2.05) is 24.3 Å². The lowest BCUT2D eigenvalue weighted by atomic mass is 10.1. The fourth-order valence-corrected chi connectivity index (χ4v) is 4.02. The monoisotopic (exact) mass is 428 g/mol. The van der Waals surface area contributed by atoms with E-state index in [1.54, 1.807) is 38.3 Å². The molecule has 8 heteroatoms. The van der Waals surface area contributed by atoms with Crippen molar-refractivity contribution in [2.24, 2.45) is 0 Å². The lowest BCUT2D eigenvalue weighted by Gasteiger charge is -2.13. The maximum absolute atomic E-state index is 12.8. The molecule has 0 saturated carbocycles. The van der Waals surface area contributed by atoms with Gasteiger partial charge in [0.1, 0.15) is 12.4 Å². The smallest absolute Gasteiger partial charge is 0.255 e. The Kier molecular flexibility index (Phi) is 6.71. The average Bonchev–Trinajstić information content (AvgIpc) is 3.23. The minimum absolute atomic E-state index is 0.0928.